The average molecular weight is 266 g/mol. The lowest BCUT2D eigenvalue weighted by Gasteiger charge is -2.08. The smallest absolute Gasteiger partial charge is 0.137 e. The Morgan fingerprint density at radius 1 is 1.44 bits per heavy atom. The highest BCUT2D eigenvalue weighted by Gasteiger charge is 2.11. The Labute approximate surface area is 111 Å². The highest BCUT2D eigenvalue weighted by atomic mass is 35.5. The van der Waals surface area contributed by atoms with Crippen molar-refractivity contribution in [1.82, 2.24) is 9.78 Å². The van der Waals surface area contributed by atoms with Gasteiger partial charge in [-0.05, 0) is 24.6 Å². The molecule has 0 saturated heterocycles. The van der Waals surface area contributed by atoms with Gasteiger partial charge in [0.25, 0.3) is 0 Å². The van der Waals surface area contributed by atoms with E-state index in [1.165, 1.54) is 0 Å². The van der Waals surface area contributed by atoms with Crippen molar-refractivity contribution in [3.05, 3.63) is 35.1 Å². The Kier molecular flexibility index (Phi) is 3.89. The molecule has 0 atom stereocenters. The first-order valence-corrected chi connectivity index (χ1v) is 6.18. The Hall–Kier alpha value is -1.52. The molecule has 0 spiro atoms. The molecule has 0 amide bonds. The molecule has 0 saturated carbocycles. The van der Waals surface area contributed by atoms with Gasteiger partial charge in [-0.2, -0.15) is 5.10 Å². The van der Waals surface area contributed by atoms with Gasteiger partial charge in [-0.25, -0.2) is 0 Å². The second-order valence-electron chi connectivity index (χ2n) is 3.91. The largest absolute Gasteiger partial charge is 0.492 e. The van der Waals surface area contributed by atoms with Crippen LogP contribution in [-0.2, 0) is 13.6 Å². The second-order valence-corrected chi connectivity index (χ2v) is 4.32. The third-order valence-corrected chi connectivity index (χ3v) is 3.09. The van der Waals surface area contributed by atoms with Crippen molar-refractivity contribution in [1.29, 1.82) is 0 Å². The van der Waals surface area contributed by atoms with E-state index in [-0.39, 0.29) is 0 Å². The van der Waals surface area contributed by atoms with Crippen LogP contribution in [0.5, 0.6) is 5.75 Å². The van der Waals surface area contributed by atoms with Crippen molar-refractivity contribution in [2.75, 3.05) is 6.61 Å². The lowest BCUT2D eigenvalue weighted by molar-refractivity contribution is 0.340. The molecule has 0 aliphatic heterocycles. The number of aromatic nitrogens is 2. The van der Waals surface area contributed by atoms with E-state index in [1.807, 2.05) is 32.2 Å². The maximum atomic E-state index is 6.18. The van der Waals surface area contributed by atoms with E-state index in [1.54, 1.807) is 10.9 Å². The van der Waals surface area contributed by atoms with E-state index in [0.29, 0.717) is 23.9 Å². The summed E-state index contributed by atoms with van der Waals surface area (Å²) in [6.45, 7) is 2.97. The first kappa shape index (κ1) is 12.9. The molecular weight excluding hydrogens is 250 g/mol. The third-order valence-electron chi connectivity index (χ3n) is 2.80. The molecule has 0 bridgehead atoms. The molecule has 0 radical (unpaired) electrons. The molecule has 5 heteroatoms. The third kappa shape index (κ3) is 2.35. The number of benzene rings is 1. The van der Waals surface area contributed by atoms with Crippen molar-refractivity contribution in [3.63, 3.8) is 0 Å². The fraction of sp³-hybridized carbons (Fsp3) is 0.308. The topological polar surface area (TPSA) is 53.1 Å². The number of nitrogens with zero attached hydrogens (tertiary/aromatic N) is 2. The van der Waals surface area contributed by atoms with Gasteiger partial charge >= 0.3 is 0 Å². The van der Waals surface area contributed by atoms with Gasteiger partial charge in [0.2, 0.25) is 0 Å². The fourth-order valence-corrected chi connectivity index (χ4v) is 2.12. The standard InChI is InChI=1S/C13H16ClN3O/c1-3-18-13-5-4-9(6-11(13)14)10-8-16-17(2)12(10)7-15/h4-6,8H,3,7,15H2,1-2H3. The van der Waals surface area contributed by atoms with Crippen LogP contribution in [-0.4, -0.2) is 16.4 Å². The van der Waals surface area contributed by atoms with Gasteiger partial charge in [0.05, 0.1) is 23.5 Å². The second kappa shape index (κ2) is 5.42. The maximum absolute atomic E-state index is 6.18. The van der Waals surface area contributed by atoms with Gasteiger partial charge in [0.1, 0.15) is 5.75 Å². The number of hydrogen-bond acceptors (Lipinski definition) is 3. The van der Waals surface area contributed by atoms with Crippen LogP contribution in [0.15, 0.2) is 24.4 Å². The van der Waals surface area contributed by atoms with Crippen molar-refractivity contribution >= 4 is 11.6 Å². The highest BCUT2D eigenvalue weighted by Crippen LogP contribution is 2.31. The zero-order chi connectivity index (χ0) is 13.1. The van der Waals surface area contributed by atoms with E-state index < -0.39 is 0 Å². The Bertz CT molecular complexity index is 551. The number of nitrogens with two attached hydrogens (primary N) is 1. The summed E-state index contributed by atoms with van der Waals surface area (Å²) in [5.74, 6) is 0.695. The quantitative estimate of drug-likeness (QED) is 0.925. The summed E-state index contributed by atoms with van der Waals surface area (Å²) in [7, 11) is 1.88. The minimum atomic E-state index is 0.441. The summed E-state index contributed by atoms with van der Waals surface area (Å²) < 4.78 is 7.19. The minimum absolute atomic E-state index is 0.441. The summed E-state index contributed by atoms with van der Waals surface area (Å²) in [5, 5.41) is 4.81. The summed E-state index contributed by atoms with van der Waals surface area (Å²) in [5.41, 5.74) is 8.71. The predicted octanol–water partition coefficient (Wildman–Crippen LogP) is 2.60. The Morgan fingerprint density at radius 2 is 2.22 bits per heavy atom. The van der Waals surface area contributed by atoms with Crippen molar-refractivity contribution in [3.8, 4) is 16.9 Å². The molecular formula is C13H16ClN3O. The van der Waals surface area contributed by atoms with E-state index in [2.05, 4.69) is 5.10 Å². The summed E-state index contributed by atoms with van der Waals surface area (Å²) in [6, 6.07) is 5.71. The summed E-state index contributed by atoms with van der Waals surface area (Å²) in [4.78, 5) is 0. The van der Waals surface area contributed by atoms with E-state index in [4.69, 9.17) is 22.1 Å². The maximum Gasteiger partial charge on any atom is 0.137 e. The van der Waals surface area contributed by atoms with E-state index in [9.17, 15) is 0 Å². The van der Waals surface area contributed by atoms with Crippen LogP contribution in [0.1, 0.15) is 12.6 Å². The SMILES string of the molecule is CCOc1ccc(-c2cnn(C)c2CN)cc1Cl. The van der Waals surface area contributed by atoms with Crippen LogP contribution in [0.3, 0.4) is 0 Å². The molecule has 1 aromatic carbocycles. The molecule has 18 heavy (non-hydrogen) atoms. The van der Waals surface area contributed by atoms with Crippen LogP contribution in [0.4, 0.5) is 0 Å². The molecule has 0 aliphatic rings. The normalized spacial score (nSPS) is 10.7. The van der Waals surface area contributed by atoms with Gasteiger partial charge in [-0.3, -0.25) is 4.68 Å². The molecule has 2 aromatic rings. The minimum Gasteiger partial charge on any atom is -0.492 e. The molecule has 2 rings (SSSR count). The Balaban J connectivity index is 2.42. The monoisotopic (exact) mass is 265 g/mol. The summed E-state index contributed by atoms with van der Waals surface area (Å²) >= 11 is 6.18. The van der Waals surface area contributed by atoms with Gasteiger partial charge in [-0.1, -0.05) is 17.7 Å². The van der Waals surface area contributed by atoms with Crippen LogP contribution < -0.4 is 10.5 Å². The number of aryl methyl sites for hydroxylation is 1. The average Bonchev–Trinajstić information content (AvgIpc) is 2.73. The predicted molar refractivity (Wildman–Crippen MR) is 72.7 cm³/mol. The molecule has 2 N–H and O–H groups in total. The van der Waals surface area contributed by atoms with Crippen molar-refractivity contribution in [2.45, 2.75) is 13.5 Å². The number of ether oxygens (including phenoxy) is 1. The van der Waals surface area contributed by atoms with Crippen molar-refractivity contribution in [2.24, 2.45) is 12.8 Å². The fourth-order valence-electron chi connectivity index (χ4n) is 1.89. The zero-order valence-electron chi connectivity index (χ0n) is 10.5. The molecule has 0 aliphatic carbocycles. The van der Waals surface area contributed by atoms with Gasteiger partial charge in [-0.15, -0.1) is 0 Å². The van der Waals surface area contributed by atoms with Gasteiger partial charge in [0, 0.05) is 19.2 Å². The number of rotatable bonds is 4. The van der Waals surface area contributed by atoms with Crippen LogP contribution in [0, 0.1) is 0 Å². The van der Waals surface area contributed by atoms with Gasteiger partial charge < -0.3 is 10.5 Å². The molecule has 96 valence electrons. The molecule has 0 unspecified atom stereocenters. The lowest BCUT2D eigenvalue weighted by Crippen LogP contribution is -2.05. The number of hydrogen-bond donors (Lipinski definition) is 1. The first-order chi connectivity index (χ1) is 8.67. The first-order valence-electron chi connectivity index (χ1n) is 5.81. The van der Waals surface area contributed by atoms with E-state index >= 15 is 0 Å². The van der Waals surface area contributed by atoms with Crippen LogP contribution in [0.25, 0.3) is 11.1 Å². The van der Waals surface area contributed by atoms with Crippen molar-refractivity contribution < 1.29 is 4.74 Å². The molecule has 1 heterocycles. The summed E-state index contributed by atoms with van der Waals surface area (Å²) in [6.07, 6.45) is 1.80. The molecule has 1 aromatic heterocycles. The molecule has 4 nitrogen and oxygen atoms in total. The number of halogens is 1. The van der Waals surface area contributed by atoms with E-state index in [0.717, 1.165) is 16.8 Å². The van der Waals surface area contributed by atoms with Gasteiger partial charge in [0.15, 0.2) is 0 Å². The Morgan fingerprint density at radius 3 is 2.83 bits per heavy atom. The highest BCUT2D eigenvalue weighted by molar-refractivity contribution is 6.32. The van der Waals surface area contributed by atoms with Crippen LogP contribution >= 0.6 is 11.6 Å². The zero-order valence-corrected chi connectivity index (χ0v) is 11.2. The molecule has 0 fully saturated rings. The van der Waals surface area contributed by atoms with Crippen LogP contribution in [0.2, 0.25) is 5.02 Å². The lowest BCUT2D eigenvalue weighted by atomic mass is 10.1.